The third-order valence-corrected chi connectivity index (χ3v) is 13.9. The highest BCUT2D eigenvalue weighted by Crippen LogP contribution is 2.17. The Morgan fingerprint density at radius 2 is 0.514 bits per heavy atom. The molecule has 0 aromatic rings. The lowest BCUT2D eigenvalue weighted by Gasteiger charge is -2.18. The van der Waals surface area contributed by atoms with Gasteiger partial charge in [-0.15, -0.1) is 0 Å². The minimum Gasteiger partial charge on any atom is -0.462 e. The van der Waals surface area contributed by atoms with Gasteiger partial charge < -0.3 is 14.2 Å². The fourth-order valence-electron chi connectivity index (χ4n) is 9.22. The second kappa shape index (κ2) is 59.2. The maximum absolute atomic E-state index is 12.9. The van der Waals surface area contributed by atoms with E-state index in [1.165, 1.54) is 218 Å². The van der Waals surface area contributed by atoms with Crippen molar-refractivity contribution in [3.05, 3.63) is 36.5 Å². The lowest BCUT2D eigenvalue weighted by molar-refractivity contribution is -0.167. The molecule has 6 heteroatoms. The normalized spacial score (nSPS) is 12.2. The summed E-state index contributed by atoms with van der Waals surface area (Å²) in [6.45, 7) is 6.66. The van der Waals surface area contributed by atoms with Crippen LogP contribution in [0, 0.1) is 0 Å². The monoisotopic (exact) mass is 983 g/mol. The van der Waals surface area contributed by atoms with E-state index in [9.17, 15) is 14.4 Å². The molecule has 0 aliphatic heterocycles. The minimum atomic E-state index is -0.773. The zero-order valence-corrected chi connectivity index (χ0v) is 47.1. The number of unbranched alkanes of at least 4 members (excludes halogenated alkanes) is 40. The molecule has 0 aliphatic carbocycles. The highest BCUT2D eigenvalue weighted by Gasteiger charge is 2.19. The van der Waals surface area contributed by atoms with E-state index in [1.54, 1.807) is 0 Å². The number of carbonyl (C=O) groups excluding carboxylic acids is 3. The van der Waals surface area contributed by atoms with E-state index in [-0.39, 0.29) is 31.1 Å². The summed E-state index contributed by atoms with van der Waals surface area (Å²) in [4.78, 5) is 38.2. The largest absolute Gasteiger partial charge is 0.462 e. The number of rotatable bonds is 57. The Morgan fingerprint density at radius 1 is 0.286 bits per heavy atom. The van der Waals surface area contributed by atoms with Crippen LogP contribution >= 0.6 is 0 Å². The fourth-order valence-corrected chi connectivity index (χ4v) is 9.22. The molecule has 0 radical (unpaired) electrons. The molecule has 0 amide bonds. The van der Waals surface area contributed by atoms with Gasteiger partial charge in [0.15, 0.2) is 6.10 Å². The van der Waals surface area contributed by atoms with Crippen molar-refractivity contribution in [1.29, 1.82) is 0 Å². The Morgan fingerprint density at radius 3 is 0.800 bits per heavy atom. The summed E-state index contributed by atoms with van der Waals surface area (Å²) in [7, 11) is 0. The lowest BCUT2D eigenvalue weighted by atomic mass is 10.0. The molecule has 0 aliphatic rings. The molecule has 0 aromatic heterocycles. The molecule has 1 unspecified atom stereocenters. The summed E-state index contributed by atoms with van der Waals surface area (Å²) in [6, 6.07) is 0. The molecule has 6 nitrogen and oxygen atoms in total. The quantitative estimate of drug-likeness (QED) is 0.0261. The van der Waals surface area contributed by atoms with E-state index in [4.69, 9.17) is 14.2 Å². The van der Waals surface area contributed by atoms with Crippen LogP contribution in [-0.4, -0.2) is 37.2 Å². The molecule has 0 saturated heterocycles. The van der Waals surface area contributed by atoms with E-state index in [0.29, 0.717) is 19.3 Å². The predicted molar refractivity (Wildman–Crippen MR) is 302 cm³/mol. The van der Waals surface area contributed by atoms with Gasteiger partial charge in [-0.1, -0.05) is 295 Å². The number of esters is 3. The van der Waals surface area contributed by atoms with Gasteiger partial charge in [-0.3, -0.25) is 14.4 Å². The van der Waals surface area contributed by atoms with Gasteiger partial charge in [-0.25, -0.2) is 0 Å². The summed E-state index contributed by atoms with van der Waals surface area (Å²) >= 11 is 0. The van der Waals surface area contributed by atoms with Gasteiger partial charge in [-0.05, 0) is 57.8 Å². The van der Waals surface area contributed by atoms with Crippen LogP contribution in [0.1, 0.15) is 335 Å². The summed E-state index contributed by atoms with van der Waals surface area (Å²) in [6.07, 6.45) is 71.4. The second-order valence-electron chi connectivity index (χ2n) is 21.0. The summed E-state index contributed by atoms with van der Waals surface area (Å²) < 4.78 is 16.9. The molecule has 410 valence electrons. The van der Waals surface area contributed by atoms with Crippen molar-refractivity contribution in [3.8, 4) is 0 Å². The molecular weight excluding hydrogens is 865 g/mol. The number of hydrogen-bond acceptors (Lipinski definition) is 6. The predicted octanol–water partition coefficient (Wildman–Crippen LogP) is 20.8. The molecule has 1 atom stereocenters. The van der Waals surface area contributed by atoms with Crippen molar-refractivity contribution in [2.24, 2.45) is 0 Å². The average molecular weight is 984 g/mol. The van der Waals surface area contributed by atoms with Crippen molar-refractivity contribution in [1.82, 2.24) is 0 Å². The first-order valence-electron chi connectivity index (χ1n) is 31.0. The first kappa shape index (κ1) is 67.6. The van der Waals surface area contributed by atoms with Gasteiger partial charge in [-0.2, -0.15) is 0 Å². The molecule has 0 aromatic carbocycles. The topological polar surface area (TPSA) is 78.9 Å². The Hall–Kier alpha value is -2.37. The summed E-state index contributed by atoms with van der Waals surface area (Å²) in [5.74, 6) is -0.863. The van der Waals surface area contributed by atoms with E-state index >= 15 is 0 Å². The van der Waals surface area contributed by atoms with Crippen molar-refractivity contribution in [2.75, 3.05) is 13.2 Å². The standard InChI is InChI=1S/C64H118O6/c1-4-7-10-13-16-19-22-24-26-28-30-32-34-35-37-39-42-45-48-51-54-57-63(66)69-60-61(59-68-62(65)56-53-50-47-44-41-21-18-15-12-9-6-3)70-64(67)58-55-52-49-46-43-40-38-36-33-31-29-27-25-23-20-17-14-11-8-5-2/h22,24,28,30,34-35,61H,4-21,23,25-27,29,31-33,36-60H2,1-3H3/b24-22-,30-28-,35-34-. The van der Waals surface area contributed by atoms with Gasteiger partial charge >= 0.3 is 17.9 Å². The molecule has 0 rings (SSSR count). The summed E-state index contributed by atoms with van der Waals surface area (Å²) in [5.41, 5.74) is 0. The van der Waals surface area contributed by atoms with Crippen molar-refractivity contribution >= 4 is 17.9 Å². The van der Waals surface area contributed by atoms with Crippen LogP contribution in [0.5, 0.6) is 0 Å². The highest BCUT2D eigenvalue weighted by molar-refractivity contribution is 5.71. The third-order valence-electron chi connectivity index (χ3n) is 13.9. The highest BCUT2D eigenvalue weighted by atomic mass is 16.6. The first-order valence-corrected chi connectivity index (χ1v) is 31.0. The zero-order chi connectivity index (χ0) is 50.7. The Labute approximate surface area is 435 Å². The van der Waals surface area contributed by atoms with Crippen molar-refractivity contribution in [3.63, 3.8) is 0 Å². The lowest BCUT2D eigenvalue weighted by Crippen LogP contribution is -2.30. The molecule has 0 fully saturated rings. The zero-order valence-electron chi connectivity index (χ0n) is 47.1. The van der Waals surface area contributed by atoms with Gasteiger partial charge in [0, 0.05) is 19.3 Å². The van der Waals surface area contributed by atoms with Gasteiger partial charge in [0.1, 0.15) is 13.2 Å². The average Bonchev–Trinajstić information content (AvgIpc) is 3.36. The number of hydrogen-bond donors (Lipinski definition) is 0. The van der Waals surface area contributed by atoms with E-state index in [1.807, 2.05) is 0 Å². The molecule has 0 saturated carbocycles. The van der Waals surface area contributed by atoms with Crippen LogP contribution in [0.15, 0.2) is 36.5 Å². The van der Waals surface area contributed by atoms with Gasteiger partial charge in [0.2, 0.25) is 0 Å². The number of ether oxygens (including phenoxy) is 3. The first-order chi connectivity index (χ1) is 34.5. The van der Waals surface area contributed by atoms with Crippen LogP contribution in [0.4, 0.5) is 0 Å². The van der Waals surface area contributed by atoms with E-state index < -0.39 is 6.10 Å². The van der Waals surface area contributed by atoms with Crippen LogP contribution < -0.4 is 0 Å². The Balaban J connectivity index is 4.29. The smallest absolute Gasteiger partial charge is 0.306 e. The van der Waals surface area contributed by atoms with Crippen LogP contribution in [0.3, 0.4) is 0 Å². The molecule has 0 heterocycles. The molecular formula is C64H118O6. The maximum atomic E-state index is 12.9. The van der Waals surface area contributed by atoms with E-state index in [0.717, 1.165) is 77.0 Å². The minimum absolute atomic E-state index is 0.0714. The SMILES string of the molecule is CCCCCCC/C=C\C/C=C\C/C=C\CCCCCCCCC(=O)OCC(COC(=O)CCCCCCCCCCCCC)OC(=O)CCCCCCCCCCCCCCCCCCCCCC. The van der Waals surface area contributed by atoms with Crippen LogP contribution in [-0.2, 0) is 28.6 Å². The maximum Gasteiger partial charge on any atom is 0.306 e. The Bertz CT molecular complexity index is 1170. The molecule has 70 heavy (non-hydrogen) atoms. The molecule has 0 spiro atoms. The Kier molecular flexibility index (Phi) is 57.2. The third kappa shape index (κ3) is 56.5. The van der Waals surface area contributed by atoms with E-state index in [2.05, 4.69) is 57.2 Å². The van der Waals surface area contributed by atoms with Crippen LogP contribution in [0.25, 0.3) is 0 Å². The van der Waals surface area contributed by atoms with Gasteiger partial charge in [0.05, 0.1) is 0 Å². The van der Waals surface area contributed by atoms with Gasteiger partial charge in [0.25, 0.3) is 0 Å². The molecule has 0 bridgehead atoms. The van der Waals surface area contributed by atoms with Crippen molar-refractivity contribution in [2.45, 2.75) is 341 Å². The van der Waals surface area contributed by atoms with Crippen molar-refractivity contribution < 1.29 is 28.6 Å². The molecule has 0 N–H and O–H groups in total. The number of allylic oxidation sites excluding steroid dienone is 6. The fraction of sp³-hybridized carbons (Fsp3) is 0.859. The second-order valence-corrected chi connectivity index (χ2v) is 21.0. The summed E-state index contributed by atoms with van der Waals surface area (Å²) in [5, 5.41) is 0. The number of carbonyl (C=O) groups is 3. The van der Waals surface area contributed by atoms with Crippen LogP contribution in [0.2, 0.25) is 0 Å².